The normalized spacial score (nSPS) is 14.3. The zero-order chi connectivity index (χ0) is 20.5. The molecule has 1 aliphatic carbocycles. The SMILES string of the molecule is O=C(c1ccc(-c2ccc(Nc3nc4ccccc4[nH]3)c(F)c2)cc1)C1CCCC1. The average molecular weight is 399 g/mol. The van der Waals surface area contributed by atoms with Gasteiger partial charge in [-0.25, -0.2) is 9.37 Å². The molecule has 1 saturated carbocycles. The standard InChI is InChI=1S/C25H22FN3O/c26-20-15-19(16-9-11-18(12-10-16)24(30)17-5-1-2-6-17)13-14-21(20)27-25-28-22-7-3-4-8-23(22)29-25/h3-4,7-15,17H,1-2,5-6H2,(H2,27,28,29). The van der Waals surface area contributed by atoms with Gasteiger partial charge in [0.15, 0.2) is 5.78 Å². The molecule has 0 bridgehead atoms. The summed E-state index contributed by atoms with van der Waals surface area (Å²) in [6.07, 6.45) is 4.27. The fourth-order valence-electron chi connectivity index (χ4n) is 4.19. The number of halogens is 1. The summed E-state index contributed by atoms with van der Waals surface area (Å²) in [6.45, 7) is 0. The predicted molar refractivity (Wildman–Crippen MR) is 118 cm³/mol. The van der Waals surface area contributed by atoms with Crippen LogP contribution in [-0.2, 0) is 0 Å². The fraction of sp³-hybridized carbons (Fsp3) is 0.200. The van der Waals surface area contributed by atoms with Crippen molar-refractivity contribution in [2.45, 2.75) is 25.7 Å². The first-order valence-corrected chi connectivity index (χ1v) is 10.3. The van der Waals surface area contributed by atoms with Gasteiger partial charge in [-0.3, -0.25) is 4.79 Å². The van der Waals surface area contributed by atoms with E-state index in [0.29, 0.717) is 11.6 Å². The molecule has 0 spiro atoms. The molecule has 1 aromatic heterocycles. The van der Waals surface area contributed by atoms with E-state index in [-0.39, 0.29) is 17.5 Å². The highest BCUT2D eigenvalue weighted by atomic mass is 19.1. The van der Waals surface area contributed by atoms with Gasteiger partial charge in [0.05, 0.1) is 16.7 Å². The Labute approximate surface area is 174 Å². The summed E-state index contributed by atoms with van der Waals surface area (Å²) < 4.78 is 14.7. The van der Waals surface area contributed by atoms with Gasteiger partial charge in [-0.2, -0.15) is 0 Å². The zero-order valence-electron chi connectivity index (χ0n) is 16.5. The van der Waals surface area contributed by atoms with Crippen LogP contribution >= 0.6 is 0 Å². The van der Waals surface area contributed by atoms with Crippen molar-refractivity contribution >= 4 is 28.5 Å². The van der Waals surface area contributed by atoms with Gasteiger partial charge >= 0.3 is 0 Å². The van der Waals surface area contributed by atoms with Crippen LogP contribution in [0, 0.1) is 11.7 Å². The Bertz CT molecular complexity index is 1170. The van der Waals surface area contributed by atoms with Crippen molar-refractivity contribution in [2.75, 3.05) is 5.32 Å². The summed E-state index contributed by atoms with van der Waals surface area (Å²) in [6, 6.07) is 20.2. The molecule has 1 fully saturated rings. The van der Waals surface area contributed by atoms with Crippen LogP contribution in [0.3, 0.4) is 0 Å². The second kappa shape index (κ2) is 7.75. The molecule has 0 aliphatic heterocycles. The first-order chi connectivity index (χ1) is 14.7. The number of H-pyrrole nitrogens is 1. The molecule has 4 aromatic rings. The summed E-state index contributed by atoms with van der Waals surface area (Å²) in [4.78, 5) is 20.1. The van der Waals surface area contributed by atoms with E-state index < -0.39 is 0 Å². The molecule has 0 radical (unpaired) electrons. The molecule has 0 saturated heterocycles. The van der Waals surface area contributed by atoms with Crippen molar-refractivity contribution < 1.29 is 9.18 Å². The minimum Gasteiger partial charge on any atom is -0.324 e. The molecule has 5 heteroatoms. The molecule has 2 N–H and O–H groups in total. The number of benzene rings is 3. The number of rotatable bonds is 5. The molecule has 5 rings (SSSR count). The number of aromatic nitrogens is 2. The average Bonchev–Trinajstić information content (AvgIpc) is 3.44. The number of Topliss-reactive ketones (excluding diaryl/α,β-unsaturated/α-hetero) is 1. The van der Waals surface area contributed by atoms with Gasteiger partial charge in [0.25, 0.3) is 0 Å². The molecular formula is C25H22FN3O. The van der Waals surface area contributed by atoms with Gasteiger partial charge in [-0.1, -0.05) is 55.3 Å². The molecule has 0 unspecified atom stereocenters. The van der Waals surface area contributed by atoms with Crippen molar-refractivity contribution in [3.8, 4) is 11.1 Å². The number of anilines is 2. The summed E-state index contributed by atoms with van der Waals surface area (Å²) in [5.41, 5.74) is 4.46. The third-order valence-corrected chi connectivity index (χ3v) is 5.84. The van der Waals surface area contributed by atoms with Gasteiger partial charge in [-0.15, -0.1) is 0 Å². The topological polar surface area (TPSA) is 57.8 Å². The van der Waals surface area contributed by atoms with Crippen LogP contribution in [0.5, 0.6) is 0 Å². The maximum atomic E-state index is 14.7. The molecule has 0 atom stereocenters. The Hall–Kier alpha value is -3.47. The van der Waals surface area contributed by atoms with E-state index in [1.54, 1.807) is 6.07 Å². The number of nitrogens with zero attached hydrogens (tertiary/aromatic N) is 1. The van der Waals surface area contributed by atoms with Crippen LogP contribution in [0.25, 0.3) is 22.2 Å². The summed E-state index contributed by atoms with van der Waals surface area (Å²) in [7, 11) is 0. The number of nitrogens with one attached hydrogen (secondary N) is 2. The van der Waals surface area contributed by atoms with Crippen LogP contribution in [0.15, 0.2) is 66.7 Å². The van der Waals surface area contributed by atoms with Gasteiger partial charge in [0.1, 0.15) is 5.82 Å². The van der Waals surface area contributed by atoms with Gasteiger partial charge in [0, 0.05) is 11.5 Å². The van der Waals surface area contributed by atoms with Crippen molar-refractivity contribution in [1.29, 1.82) is 0 Å². The highest BCUT2D eigenvalue weighted by molar-refractivity contribution is 5.98. The Morgan fingerprint density at radius 1 is 0.967 bits per heavy atom. The van der Waals surface area contributed by atoms with Crippen LogP contribution < -0.4 is 5.32 Å². The number of carbonyl (C=O) groups is 1. The second-order valence-corrected chi connectivity index (χ2v) is 7.85. The van der Waals surface area contributed by atoms with Crippen LogP contribution in [0.1, 0.15) is 36.0 Å². The number of aromatic amines is 1. The first kappa shape index (κ1) is 18.6. The first-order valence-electron chi connectivity index (χ1n) is 10.3. The number of hydrogen-bond donors (Lipinski definition) is 2. The molecule has 3 aromatic carbocycles. The largest absolute Gasteiger partial charge is 0.324 e. The minimum atomic E-state index is -0.362. The van der Waals surface area contributed by atoms with Crippen LogP contribution in [0.4, 0.5) is 16.0 Å². The third kappa shape index (κ3) is 3.59. The summed E-state index contributed by atoms with van der Waals surface area (Å²) in [5.74, 6) is 0.532. The maximum Gasteiger partial charge on any atom is 0.205 e. The highest BCUT2D eigenvalue weighted by Crippen LogP contribution is 2.30. The number of imidazole rings is 1. The molecule has 4 nitrogen and oxygen atoms in total. The monoisotopic (exact) mass is 399 g/mol. The Morgan fingerprint density at radius 3 is 2.43 bits per heavy atom. The highest BCUT2D eigenvalue weighted by Gasteiger charge is 2.23. The van der Waals surface area contributed by atoms with Gasteiger partial charge < -0.3 is 10.3 Å². The lowest BCUT2D eigenvalue weighted by atomic mass is 9.94. The molecule has 30 heavy (non-hydrogen) atoms. The Kier molecular flexibility index (Phi) is 4.79. The molecule has 1 aliphatic rings. The maximum absolute atomic E-state index is 14.7. The fourth-order valence-corrected chi connectivity index (χ4v) is 4.19. The molecular weight excluding hydrogens is 377 g/mol. The lowest BCUT2D eigenvalue weighted by Crippen LogP contribution is -2.10. The lowest BCUT2D eigenvalue weighted by Gasteiger charge is -2.10. The Balaban J connectivity index is 1.34. The van der Waals surface area contributed by atoms with E-state index in [2.05, 4.69) is 15.3 Å². The number of ketones is 1. The van der Waals surface area contributed by atoms with Gasteiger partial charge in [0.2, 0.25) is 5.95 Å². The van der Waals surface area contributed by atoms with Gasteiger partial charge in [-0.05, 0) is 48.2 Å². The van der Waals surface area contributed by atoms with E-state index in [0.717, 1.165) is 53.4 Å². The number of hydrogen-bond acceptors (Lipinski definition) is 3. The Morgan fingerprint density at radius 2 is 1.70 bits per heavy atom. The molecule has 1 heterocycles. The summed E-state index contributed by atoms with van der Waals surface area (Å²) >= 11 is 0. The quantitative estimate of drug-likeness (QED) is 0.377. The molecule has 0 amide bonds. The van der Waals surface area contributed by atoms with E-state index in [1.807, 2.05) is 54.6 Å². The number of carbonyl (C=O) groups excluding carboxylic acids is 1. The zero-order valence-corrected chi connectivity index (χ0v) is 16.5. The van der Waals surface area contributed by atoms with Crippen molar-refractivity contribution in [3.63, 3.8) is 0 Å². The summed E-state index contributed by atoms with van der Waals surface area (Å²) in [5, 5.41) is 3.01. The lowest BCUT2D eigenvalue weighted by molar-refractivity contribution is 0.0923. The molecule has 150 valence electrons. The predicted octanol–water partition coefficient (Wildman–Crippen LogP) is 6.49. The smallest absolute Gasteiger partial charge is 0.205 e. The van der Waals surface area contributed by atoms with Crippen LogP contribution in [0.2, 0.25) is 0 Å². The van der Waals surface area contributed by atoms with E-state index in [1.165, 1.54) is 6.07 Å². The van der Waals surface area contributed by atoms with E-state index >= 15 is 0 Å². The van der Waals surface area contributed by atoms with E-state index in [4.69, 9.17) is 0 Å². The van der Waals surface area contributed by atoms with E-state index in [9.17, 15) is 9.18 Å². The van der Waals surface area contributed by atoms with Crippen molar-refractivity contribution in [2.24, 2.45) is 5.92 Å². The van der Waals surface area contributed by atoms with Crippen molar-refractivity contribution in [3.05, 3.63) is 78.1 Å². The van der Waals surface area contributed by atoms with Crippen molar-refractivity contribution in [1.82, 2.24) is 9.97 Å². The number of fused-ring (bicyclic) bond motifs is 1. The second-order valence-electron chi connectivity index (χ2n) is 7.85. The minimum absolute atomic E-state index is 0.164. The third-order valence-electron chi connectivity index (χ3n) is 5.84. The van der Waals surface area contributed by atoms with Crippen LogP contribution in [-0.4, -0.2) is 15.8 Å². The number of para-hydroxylation sites is 2.